The van der Waals surface area contributed by atoms with E-state index >= 15 is 0 Å². The van der Waals surface area contributed by atoms with Crippen LogP contribution in [0.25, 0.3) is 0 Å². The molecular weight excluding hydrogens is 396 g/mol. The van der Waals surface area contributed by atoms with E-state index < -0.39 is 0 Å². The van der Waals surface area contributed by atoms with Crippen LogP contribution in [0.2, 0.25) is 0 Å². The fourth-order valence-electron chi connectivity index (χ4n) is 3.30. The van der Waals surface area contributed by atoms with Gasteiger partial charge in [-0.15, -0.1) is 11.3 Å². The zero-order valence-electron chi connectivity index (χ0n) is 17.0. The number of rotatable bonds is 6. The highest BCUT2D eigenvalue weighted by Gasteiger charge is 2.25. The van der Waals surface area contributed by atoms with Crippen LogP contribution in [0.1, 0.15) is 43.9 Å². The Kier molecular flexibility index (Phi) is 5.63. The SMILES string of the molecule is Cc1cccc(N[C@@H](c2cccnc2)c2c(NC(=O)c3ccco3)sc(C)c2C)n1. The van der Waals surface area contributed by atoms with Crippen LogP contribution in [0.4, 0.5) is 10.8 Å². The first-order valence-corrected chi connectivity index (χ1v) is 10.4. The number of carbonyl (C=O) groups is 1. The van der Waals surface area contributed by atoms with Crippen molar-refractivity contribution in [1.29, 1.82) is 0 Å². The van der Waals surface area contributed by atoms with Gasteiger partial charge in [0.2, 0.25) is 0 Å². The number of hydrogen-bond acceptors (Lipinski definition) is 6. The van der Waals surface area contributed by atoms with Crippen molar-refractivity contribution in [3.8, 4) is 0 Å². The van der Waals surface area contributed by atoms with E-state index in [1.165, 1.54) is 6.26 Å². The molecule has 1 amide bonds. The fourth-order valence-corrected chi connectivity index (χ4v) is 4.39. The minimum absolute atomic E-state index is 0.232. The zero-order valence-corrected chi connectivity index (χ0v) is 17.8. The minimum Gasteiger partial charge on any atom is -0.459 e. The first-order chi connectivity index (χ1) is 14.5. The molecule has 4 aromatic heterocycles. The fraction of sp³-hybridized carbons (Fsp3) is 0.174. The summed E-state index contributed by atoms with van der Waals surface area (Å²) in [6.07, 6.45) is 5.07. The van der Waals surface area contributed by atoms with Crippen LogP contribution in [0, 0.1) is 20.8 Å². The summed E-state index contributed by atoms with van der Waals surface area (Å²) in [5.74, 6) is 0.757. The Bertz CT molecular complexity index is 1150. The van der Waals surface area contributed by atoms with Gasteiger partial charge in [0.05, 0.1) is 12.3 Å². The van der Waals surface area contributed by atoms with E-state index in [2.05, 4.69) is 34.4 Å². The summed E-state index contributed by atoms with van der Waals surface area (Å²) in [5.41, 5.74) is 4.02. The van der Waals surface area contributed by atoms with Crippen LogP contribution >= 0.6 is 11.3 Å². The number of aromatic nitrogens is 2. The van der Waals surface area contributed by atoms with Crippen molar-refractivity contribution in [2.45, 2.75) is 26.8 Å². The van der Waals surface area contributed by atoms with E-state index in [4.69, 9.17) is 4.42 Å². The molecule has 0 aromatic carbocycles. The van der Waals surface area contributed by atoms with Gasteiger partial charge >= 0.3 is 0 Å². The number of amides is 1. The maximum atomic E-state index is 12.7. The molecule has 4 aromatic rings. The van der Waals surface area contributed by atoms with Crippen molar-refractivity contribution in [3.63, 3.8) is 0 Å². The van der Waals surface area contributed by atoms with Crippen molar-refractivity contribution in [3.05, 3.63) is 94.1 Å². The molecule has 30 heavy (non-hydrogen) atoms. The highest BCUT2D eigenvalue weighted by atomic mass is 32.1. The van der Waals surface area contributed by atoms with E-state index in [9.17, 15) is 4.79 Å². The molecule has 6 nitrogen and oxygen atoms in total. The Morgan fingerprint density at radius 2 is 1.97 bits per heavy atom. The number of hydrogen-bond donors (Lipinski definition) is 2. The van der Waals surface area contributed by atoms with Crippen LogP contribution in [-0.4, -0.2) is 15.9 Å². The standard InChI is InChI=1S/C23H22N4O2S/c1-14-7-4-10-19(25-14)26-21(17-8-5-11-24-13-17)20-15(2)16(3)30-23(20)27-22(28)18-9-6-12-29-18/h4-13,21H,1-3H3,(H,25,26)(H,27,28)/t21-/m0/s1. The normalized spacial score (nSPS) is 11.8. The van der Waals surface area contributed by atoms with Crippen LogP contribution in [0.15, 0.2) is 65.5 Å². The second-order valence-corrected chi connectivity index (χ2v) is 8.21. The second-order valence-electron chi connectivity index (χ2n) is 6.99. The molecule has 0 saturated carbocycles. The number of aryl methyl sites for hydroxylation is 2. The van der Waals surface area contributed by atoms with E-state index in [0.29, 0.717) is 0 Å². The molecule has 0 aliphatic rings. The van der Waals surface area contributed by atoms with E-state index in [1.807, 2.05) is 43.5 Å². The summed E-state index contributed by atoms with van der Waals surface area (Å²) in [6.45, 7) is 6.08. The third-order valence-corrected chi connectivity index (χ3v) is 6.03. The van der Waals surface area contributed by atoms with Gasteiger partial charge in [0.25, 0.3) is 5.91 Å². The number of pyridine rings is 2. The number of anilines is 2. The van der Waals surface area contributed by atoms with Crippen LogP contribution in [0.3, 0.4) is 0 Å². The molecule has 0 fully saturated rings. The molecule has 0 aliphatic heterocycles. The summed E-state index contributed by atoms with van der Waals surface area (Å²) in [6, 6.07) is 12.9. The third-order valence-electron chi connectivity index (χ3n) is 4.89. The van der Waals surface area contributed by atoms with Gasteiger partial charge in [-0.05, 0) is 62.2 Å². The lowest BCUT2D eigenvalue weighted by atomic mass is 9.97. The minimum atomic E-state index is -0.277. The molecule has 1 atom stereocenters. The lowest BCUT2D eigenvalue weighted by Gasteiger charge is -2.22. The number of nitrogens with zero attached hydrogens (tertiary/aromatic N) is 2. The number of furan rings is 1. The topological polar surface area (TPSA) is 80.0 Å². The predicted octanol–water partition coefficient (Wildman–Crippen LogP) is 5.51. The Morgan fingerprint density at radius 1 is 1.10 bits per heavy atom. The van der Waals surface area contributed by atoms with Crippen molar-refractivity contribution in [1.82, 2.24) is 9.97 Å². The van der Waals surface area contributed by atoms with Gasteiger partial charge in [0.15, 0.2) is 5.76 Å². The van der Waals surface area contributed by atoms with Crippen LogP contribution < -0.4 is 10.6 Å². The molecule has 152 valence electrons. The molecular formula is C23H22N4O2S. The number of thiophene rings is 1. The second kappa shape index (κ2) is 8.51. The van der Waals surface area contributed by atoms with E-state index in [-0.39, 0.29) is 17.7 Å². The molecule has 4 rings (SSSR count). The van der Waals surface area contributed by atoms with Crippen molar-refractivity contribution in [2.75, 3.05) is 10.6 Å². The molecule has 7 heteroatoms. The molecule has 0 bridgehead atoms. The van der Waals surface area contributed by atoms with Gasteiger partial charge in [-0.3, -0.25) is 9.78 Å². The molecule has 0 unspecified atom stereocenters. The quantitative estimate of drug-likeness (QED) is 0.432. The molecule has 0 aliphatic carbocycles. The Balaban J connectivity index is 1.77. The van der Waals surface area contributed by atoms with Crippen molar-refractivity contribution >= 4 is 28.1 Å². The largest absolute Gasteiger partial charge is 0.459 e. The number of nitrogens with one attached hydrogen (secondary N) is 2. The van der Waals surface area contributed by atoms with Crippen molar-refractivity contribution < 1.29 is 9.21 Å². The first-order valence-electron chi connectivity index (χ1n) is 9.58. The third kappa shape index (κ3) is 4.11. The monoisotopic (exact) mass is 418 g/mol. The van der Waals surface area contributed by atoms with E-state index in [1.54, 1.807) is 29.7 Å². The Morgan fingerprint density at radius 3 is 2.67 bits per heavy atom. The van der Waals surface area contributed by atoms with Gasteiger partial charge in [-0.25, -0.2) is 4.98 Å². The molecule has 2 N–H and O–H groups in total. The van der Waals surface area contributed by atoms with Crippen molar-refractivity contribution in [2.24, 2.45) is 0 Å². The smallest absolute Gasteiger partial charge is 0.291 e. The number of carbonyl (C=O) groups excluding carboxylic acids is 1. The predicted molar refractivity (Wildman–Crippen MR) is 119 cm³/mol. The Labute approximate surface area is 179 Å². The zero-order chi connectivity index (χ0) is 21.1. The highest BCUT2D eigenvalue weighted by molar-refractivity contribution is 7.16. The van der Waals surface area contributed by atoms with Crippen LogP contribution in [0.5, 0.6) is 0 Å². The first kappa shape index (κ1) is 19.8. The Hall–Kier alpha value is -3.45. The van der Waals surface area contributed by atoms with Gasteiger partial charge in [0, 0.05) is 28.5 Å². The highest BCUT2D eigenvalue weighted by Crippen LogP contribution is 2.40. The molecule has 4 heterocycles. The van der Waals surface area contributed by atoms with Gasteiger partial charge < -0.3 is 15.1 Å². The molecule has 0 radical (unpaired) electrons. The summed E-state index contributed by atoms with van der Waals surface area (Å²) in [4.78, 5) is 22.7. The van der Waals surface area contributed by atoms with Crippen LogP contribution in [-0.2, 0) is 0 Å². The maximum absolute atomic E-state index is 12.7. The lowest BCUT2D eigenvalue weighted by molar-refractivity contribution is 0.0997. The van der Waals surface area contributed by atoms with Gasteiger partial charge in [0.1, 0.15) is 10.8 Å². The molecule has 0 spiro atoms. The van der Waals surface area contributed by atoms with E-state index in [0.717, 1.165) is 38.1 Å². The maximum Gasteiger partial charge on any atom is 0.291 e. The molecule has 0 saturated heterocycles. The summed E-state index contributed by atoms with van der Waals surface area (Å²) >= 11 is 1.55. The summed E-state index contributed by atoms with van der Waals surface area (Å²) in [5, 5.41) is 7.34. The average molecular weight is 419 g/mol. The summed E-state index contributed by atoms with van der Waals surface area (Å²) < 4.78 is 5.26. The van der Waals surface area contributed by atoms with Gasteiger partial charge in [-0.1, -0.05) is 12.1 Å². The average Bonchev–Trinajstić information content (AvgIpc) is 3.37. The van der Waals surface area contributed by atoms with Gasteiger partial charge in [-0.2, -0.15) is 0 Å². The lowest BCUT2D eigenvalue weighted by Crippen LogP contribution is -2.18. The summed E-state index contributed by atoms with van der Waals surface area (Å²) in [7, 11) is 0.